The van der Waals surface area contributed by atoms with E-state index in [1.165, 1.54) is 0 Å². The third-order valence-electron chi connectivity index (χ3n) is 3.37. The Morgan fingerprint density at radius 2 is 1.56 bits per heavy atom. The molecule has 0 fully saturated rings. The van der Waals surface area contributed by atoms with Gasteiger partial charge >= 0.3 is 0 Å². The van der Waals surface area contributed by atoms with Crippen LogP contribution in [0.3, 0.4) is 0 Å². The van der Waals surface area contributed by atoms with Crippen LogP contribution in [-0.4, -0.2) is 21.8 Å². The average Bonchev–Trinajstić information content (AvgIpc) is 2.63. The smallest absolute Gasteiger partial charge is 0.255 e. The van der Waals surface area contributed by atoms with Crippen molar-refractivity contribution in [3.05, 3.63) is 78.1 Å². The summed E-state index contributed by atoms with van der Waals surface area (Å²) in [5, 5.41) is 5.79. The van der Waals surface area contributed by atoms with Gasteiger partial charge in [-0.1, -0.05) is 6.07 Å². The summed E-state index contributed by atoms with van der Waals surface area (Å²) < 4.78 is 0. The number of rotatable bonds is 5. The lowest BCUT2D eigenvalue weighted by Crippen LogP contribution is -2.13. The minimum atomic E-state index is -0.514. The maximum absolute atomic E-state index is 12.4. The quantitative estimate of drug-likeness (QED) is 0.665. The molecule has 1 aromatic heterocycles. The zero-order valence-electron chi connectivity index (χ0n) is 13.1. The van der Waals surface area contributed by atoms with Gasteiger partial charge in [-0.25, -0.2) is 9.97 Å². The molecule has 2 amide bonds. The number of nitrogens with one attached hydrogen (secondary N) is 2. The molecule has 1 heterocycles. The number of benzene rings is 2. The van der Waals surface area contributed by atoms with Crippen molar-refractivity contribution in [1.29, 1.82) is 0 Å². The first-order valence-electron chi connectivity index (χ1n) is 7.47. The van der Waals surface area contributed by atoms with E-state index in [9.17, 15) is 9.59 Å². The highest BCUT2D eigenvalue weighted by atomic mass is 16.2. The lowest BCUT2D eigenvalue weighted by atomic mass is 10.1. The van der Waals surface area contributed by atoms with Crippen LogP contribution in [0, 0.1) is 0 Å². The molecule has 124 valence electrons. The predicted octanol–water partition coefficient (Wildman–Crippen LogP) is 2.57. The highest BCUT2D eigenvalue weighted by molar-refractivity contribution is 6.05. The number of anilines is 3. The van der Waals surface area contributed by atoms with Gasteiger partial charge in [0.1, 0.15) is 0 Å². The van der Waals surface area contributed by atoms with Crippen LogP contribution in [0.25, 0.3) is 0 Å². The Morgan fingerprint density at radius 1 is 0.840 bits per heavy atom. The number of aromatic nitrogens is 2. The van der Waals surface area contributed by atoms with Gasteiger partial charge in [-0.05, 0) is 48.5 Å². The summed E-state index contributed by atoms with van der Waals surface area (Å²) in [4.78, 5) is 31.6. The van der Waals surface area contributed by atoms with Gasteiger partial charge in [-0.3, -0.25) is 9.59 Å². The molecule has 0 radical (unpaired) electrons. The topological polar surface area (TPSA) is 110 Å². The first-order chi connectivity index (χ1) is 12.1. The Morgan fingerprint density at radius 3 is 2.24 bits per heavy atom. The fraction of sp³-hybridized carbons (Fsp3) is 0. The molecule has 0 aliphatic carbocycles. The molecule has 0 saturated heterocycles. The van der Waals surface area contributed by atoms with Gasteiger partial charge in [0.15, 0.2) is 0 Å². The highest BCUT2D eigenvalue weighted by Gasteiger charge is 2.08. The molecule has 3 aromatic rings. The summed E-state index contributed by atoms with van der Waals surface area (Å²) in [6.07, 6.45) is 3.25. The van der Waals surface area contributed by atoms with Crippen LogP contribution in [0.2, 0.25) is 0 Å². The number of primary amides is 1. The lowest BCUT2D eigenvalue weighted by Gasteiger charge is -2.08. The molecule has 0 saturated carbocycles. The van der Waals surface area contributed by atoms with Gasteiger partial charge in [0.05, 0.1) is 0 Å². The van der Waals surface area contributed by atoms with Gasteiger partial charge in [0.25, 0.3) is 5.91 Å². The Labute approximate surface area is 143 Å². The number of nitrogens with zero attached hydrogens (tertiary/aromatic N) is 2. The average molecular weight is 333 g/mol. The van der Waals surface area contributed by atoms with Crippen LogP contribution < -0.4 is 16.4 Å². The Kier molecular flexibility index (Phi) is 4.66. The van der Waals surface area contributed by atoms with Gasteiger partial charge in [-0.2, -0.15) is 0 Å². The zero-order valence-corrected chi connectivity index (χ0v) is 13.1. The van der Waals surface area contributed by atoms with Crippen LogP contribution in [0.1, 0.15) is 20.7 Å². The molecular weight excluding hydrogens is 318 g/mol. The second kappa shape index (κ2) is 7.22. The summed E-state index contributed by atoms with van der Waals surface area (Å²) >= 11 is 0. The standard InChI is InChI=1S/C18H15N5O2/c19-16(24)12-5-7-14(8-6-12)22-17(25)13-3-1-4-15(11-13)23-18-20-9-2-10-21-18/h1-11H,(H2,19,24)(H,22,25)(H,20,21,23). The van der Waals surface area contributed by atoms with Gasteiger partial charge in [0, 0.05) is 34.9 Å². The molecule has 0 atom stereocenters. The van der Waals surface area contributed by atoms with Crippen molar-refractivity contribution in [2.24, 2.45) is 5.73 Å². The summed E-state index contributed by atoms with van der Waals surface area (Å²) in [5.41, 5.74) is 7.31. The SMILES string of the molecule is NC(=O)c1ccc(NC(=O)c2cccc(Nc3ncccn3)c2)cc1. The summed E-state index contributed by atoms with van der Waals surface area (Å²) in [7, 11) is 0. The summed E-state index contributed by atoms with van der Waals surface area (Å²) in [6, 6.07) is 15.1. The number of nitrogens with two attached hydrogens (primary N) is 1. The van der Waals surface area contributed by atoms with Gasteiger partial charge in [0.2, 0.25) is 11.9 Å². The van der Waals surface area contributed by atoms with Gasteiger partial charge < -0.3 is 16.4 Å². The van der Waals surface area contributed by atoms with Crippen LogP contribution >= 0.6 is 0 Å². The number of amides is 2. The summed E-state index contributed by atoms with van der Waals surface area (Å²) in [5.74, 6) is -0.341. The van der Waals surface area contributed by atoms with Crippen LogP contribution in [0.15, 0.2) is 67.0 Å². The van der Waals surface area contributed by atoms with E-state index in [4.69, 9.17) is 5.73 Å². The van der Waals surface area contributed by atoms with Gasteiger partial charge in [-0.15, -0.1) is 0 Å². The molecule has 0 bridgehead atoms. The molecule has 7 nitrogen and oxygen atoms in total. The van der Waals surface area contributed by atoms with Crippen molar-refractivity contribution >= 4 is 29.1 Å². The predicted molar refractivity (Wildman–Crippen MR) is 94.7 cm³/mol. The largest absolute Gasteiger partial charge is 0.366 e. The molecule has 3 rings (SSSR count). The van der Waals surface area contributed by atoms with E-state index < -0.39 is 5.91 Å². The van der Waals surface area contributed by atoms with E-state index >= 15 is 0 Å². The highest BCUT2D eigenvalue weighted by Crippen LogP contribution is 2.16. The molecule has 4 N–H and O–H groups in total. The zero-order chi connectivity index (χ0) is 17.6. The second-order valence-electron chi connectivity index (χ2n) is 5.17. The molecule has 2 aromatic carbocycles. The minimum Gasteiger partial charge on any atom is -0.366 e. The third kappa shape index (κ3) is 4.17. The number of hydrogen-bond acceptors (Lipinski definition) is 5. The molecule has 7 heteroatoms. The van der Waals surface area contributed by atoms with E-state index in [0.717, 1.165) is 0 Å². The van der Waals surface area contributed by atoms with E-state index in [0.29, 0.717) is 28.5 Å². The Hall–Kier alpha value is -3.74. The van der Waals surface area contributed by atoms with Crippen molar-refractivity contribution in [3.8, 4) is 0 Å². The van der Waals surface area contributed by atoms with Crippen LogP contribution in [-0.2, 0) is 0 Å². The molecule has 25 heavy (non-hydrogen) atoms. The number of hydrogen-bond donors (Lipinski definition) is 3. The Bertz CT molecular complexity index is 895. The van der Waals surface area contributed by atoms with Crippen molar-refractivity contribution in [1.82, 2.24) is 9.97 Å². The monoisotopic (exact) mass is 333 g/mol. The van der Waals surface area contributed by atoms with Crippen LogP contribution in [0.4, 0.5) is 17.3 Å². The van der Waals surface area contributed by atoms with Crippen molar-refractivity contribution < 1.29 is 9.59 Å². The molecule has 0 unspecified atom stereocenters. The summed E-state index contributed by atoms with van der Waals surface area (Å²) in [6.45, 7) is 0. The number of carbonyl (C=O) groups excluding carboxylic acids is 2. The minimum absolute atomic E-state index is 0.274. The fourth-order valence-electron chi connectivity index (χ4n) is 2.15. The van der Waals surface area contributed by atoms with E-state index in [1.807, 2.05) is 6.07 Å². The fourth-order valence-corrected chi connectivity index (χ4v) is 2.15. The lowest BCUT2D eigenvalue weighted by molar-refractivity contribution is 0.0998. The van der Waals surface area contributed by atoms with Crippen molar-refractivity contribution in [3.63, 3.8) is 0 Å². The van der Waals surface area contributed by atoms with E-state index in [-0.39, 0.29) is 5.91 Å². The van der Waals surface area contributed by atoms with Crippen LogP contribution in [0.5, 0.6) is 0 Å². The number of carbonyl (C=O) groups is 2. The molecule has 0 spiro atoms. The maximum atomic E-state index is 12.4. The van der Waals surface area contributed by atoms with Crippen molar-refractivity contribution in [2.75, 3.05) is 10.6 Å². The molecule has 0 aliphatic heterocycles. The normalized spacial score (nSPS) is 10.1. The van der Waals surface area contributed by atoms with E-state index in [2.05, 4.69) is 20.6 Å². The molecule has 0 aliphatic rings. The van der Waals surface area contributed by atoms with E-state index in [1.54, 1.807) is 60.9 Å². The first kappa shape index (κ1) is 16.1. The molecular formula is C18H15N5O2. The maximum Gasteiger partial charge on any atom is 0.255 e. The third-order valence-corrected chi connectivity index (χ3v) is 3.37. The Balaban J connectivity index is 1.71. The second-order valence-corrected chi connectivity index (χ2v) is 5.17. The van der Waals surface area contributed by atoms with Crippen molar-refractivity contribution in [2.45, 2.75) is 0 Å². The first-order valence-corrected chi connectivity index (χ1v) is 7.47.